The van der Waals surface area contributed by atoms with Crippen LogP contribution in [0.4, 0.5) is 0 Å². The largest absolute Gasteiger partial charge is 0.454 e. The quantitative estimate of drug-likeness (QED) is 0.456. The molecule has 1 aliphatic heterocycles. The van der Waals surface area contributed by atoms with Crippen molar-refractivity contribution in [1.29, 1.82) is 0 Å². The van der Waals surface area contributed by atoms with Gasteiger partial charge in [-0.1, -0.05) is 13.0 Å². The van der Waals surface area contributed by atoms with Gasteiger partial charge in [-0.25, -0.2) is 4.79 Å². The minimum absolute atomic E-state index is 0.190. The van der Waals surface area contributed by atoms with Crippen LogP contribution in [-0.4, -0.2) is 25.2 Å². The lowest BCUT2D eigenvalue weighted by Gasteiger charge is -2.00. The molecule has 0 unspecified atom stereocenters. The summed E-state index contributed by atoms with van der Waals surface area (Å²) in [6, 6.07) is 9.04. The summed E-state index contributed by atoms with van der Waals surface area (Å²) in [7, 11) is 0. The van der Waals surface area contributed by atoms with Gasteiger partial charge in [0.2, 0.25) is 12.6 Å². The minimum Gasteiger partial charge on any atom is -0.454 e. The van der Waals surface area contributed by atoms with E-state index < -0.39 is 5.97 Å². The smallest absolute Gasteiger partial charge is 0.331 e. The van der Waals surface area contributed by atoms with E-state index in [0.717, 1.165) is 16.9 Å². The molecule has 1 aliphatic rings. The first-order valence-corrected chi connectivity index (χ1v) is 8.34. The number of carbonyl (C=O) groups excluding carboxylic acids is 2. The van der Waals surface area contributed by atoms with Crippen molar-refractivity contribution in [3.8, 4) is 11.5 Å². The Morgan fingerprint density at radius 2 is 2.04 bits per heavy atom. The molecule has 5 nitrogen and oxygen atoms in total. The monoisotopic (exact) mass is 344 g/mol. The summed E-state index contributed by atoms with van der Waals surface area (Å²) < 4.78 is 15.5. The summed E-state index contributed by atoms with van der Waals surface area (Å²) in [6.45, 7) is 1.98. The van der Waals surface area contributed by atoms with Gasteiger partial charge in [0.25, 0.3) is 0 Å². The molecule has 2 heterocycles. The molecule has 0 bridgehead atoms. The van der Waals surface area contributed by atoms with E-state index in [-0.39, 0.29) is 19.2 Å². The fourth-order valence-corrected chi connectivity index (χ4v) is 3.03. The third-order valence-electron chi connectivity index (χ3n) is 3.44. The highest BCUT2D eigenvalue weighted by Gasteiger charge is 2.13. The Morgan fingerprint density at radius 3 is 2.83 bits per heavy atom. The Labute approximate surface area is 143 Å². The standard InChI is InChI=1S/C18H16O5S/c1-2-13-5-7-17(24-13)14(19)10-21-18(20)8-4-12-3-6-15-16(9-12)23-11-22-15/h3-9H,2,10-11H2,1H3/b8-4+. The summed E-state index contributed by atoms with van der Waals surface area (Å²) >= 11 is 1.43. The molecule has 0 spiro atoms. The molecule has 1 aromatic carbocycles. The molecular weight excluding hydrogens is 328 g/mol. The average Bonchev–Trinajstić information content (AvgIpc) is 3.26. The van der Waals surface area contributed by atoms with Gasteiger partial charge in [0, 0.05) is 11.0 Å². The number of fused-ring (bicyclic) bond motifs is 1. The lowest BCUT2D eigenvalue weighted by Crippen LogP contribution is -2.11. The van der Waals surface area contributed by atoms with Crippen molar-refractivity contribution >= 4 is 29.2 Å². The van der Waals surface area contributed by atoms with Gasteiger partial charge in [-0.15, -0.1) is 11.3 Å². The molecule has 6 heteroatoms. The maximum atomic E-state index is 12.0. The minimum atomic E-state index is -0.562. The lowest BCUT2D eigenvalue weighted by atomic mass is 10.2. The van der Waals surface area contributed by atoms with Crippen molar-refractivity contribution < 1.29 is 23.8 Å². The van der Waals surface area contributed by atoms with Crippen LogP contribution in [-0.2, 0) is 16.0 Å². The Morgan fingerprint density at radius 1 is 1.21 bits per heavy atom. The van der Waals surface area contributed by atoms with Crippen molar-refractivity contribution in [3.63, 3.8) is 0 Å². The van der Waals surface area contributed by atoms with Gasteiger partial charge < -0.3 is 14.2 Å². The second-order valence-corrected chi connectivity index (χ2v) is 6.26. The van der Waals surface area contributed by atoms with E-state index in [2.05, 4.69) is 0 Å². The molecule has 3 rings (SSSR count). The Balaban J connectivity index is 1.52. The zero-order valence-corrected chi connectivity index (χ0v) is 13.9. The van der Waals surface area contributed by atoms with Crippen LogP contribution < -0.4 is 9.47 Å². The number of benzene rings is 1. The van der Waals surface area contributed by atoms with E-state index in [1.54, 1.807) is 30.3 Å². The molecule has 0 amide bonds. The van der Waals surface area contributed by atoms with Gasteiger partial charge >= 0.3 is 5.97 Å². The predicted octanol–water partition coefficient (Wildman–Crippen LogP) is 3.48. The number of thiophene rings is 1. The molecule has 124 valence electrons. The first kappa shape index (κ1) is 16.3. The molecule has 0 N–H and O–H groups in total. The van der Waals surface area contributed by atoms with E-state index in [4.69, 9.17) is 14.2 Å². The first-order chi connectivity index (χ1) is 11.7. The van der Waals surface area contributed by atoms with Crippen molar-refractivity contribution in [1.82, 2.24) is 0 Å². The second-order valence-electron chi connectivity index (χ2n) is 5.10. The van der Waals surface area contributed by atoms with Gasteiger partial charge in [0.15, 0.2) is 18.1 Å². The van der Waals surface area contributed by atoms with E-state index in [0.29, 0.717) is 16.4 Å². The Kier molecular flexibility index (Phi) is 4.96. The van der Waals surface area contributed by atoms with Crippen LogP contribution in [0.3, 0.4) is 0 Å². The van der Waals surface area contributed by atoms with Gasteiger partial charge in [-0.05, 0) is 42.3 Å². The first-order valence-electron chi connectivity index (χ1n) is 7.52. The number of ether oxygens (including phenoxy) is 3. The molecule has 0 radical (unpaired) electrons. The number of hydrogen-bond donors (Lipinski definition) is 0. The Bertz CT molecular complexity index is 790. The number of carbonyl (C=O) groups is 2. The van der Waals surface area contributed by atoms with Crippen LogP contribution in [0.5, 0.6) is 11.5 Å². The van der Waals surface area contributed by atoms with E-state index in [1.807, 2.05) is 13.0 Å². The summed E-state index contributed by atoms with van der Waals surface area (Å²) in [5.74, 6) is 0.575. The van der Waals surface area contributed by atoms with Crippen LogP contribution >= 0.6 is 11.3 Å². The molecule has 0 saturated carbocycles. The average molecular weight is 344 g/mol. The number of esters is 1. The molecule has 0 saturated heterocycles. The van der Waals surface area contributed by atoms with Crippen LogP contribution in [0.1, 0.15) is 27.0 Å². The van der Waals surface area contributed by atoms with Crippen molar-refractivity contribution in [2.45, 2.75) is 13.3 Å². The van der Waals surface area contributed by atoms with E-state index in [1.165, 1.54) is 17.4 Å². The normalized spacial score (nSPS) is 12.5. The van der Waals surface area contributed by atoms with Crippen molar-refractivity contribution in [2.75, 3.05) is 13.4 Å². The molecular formula is C18H16O5S. The van der Waals surface area contributed by atoms with Gasteiger partial charge in [0.05, 0.1) is 4.88 Å². The molecule has 1 aromatic heterocycles. The van der Waals surface area contributed by atoms with Crippen LogP contribution in [0, 0.1) is 0 Å². The lowest BCUT2D eigenvalue weighted by molar-refractivity contribution is -0.136. The van der Waals surface area contributed by atoms with Crippen LogP contribution in [0.15, 0.2) is 36.4 Å². The van der Waals surface area contributed by atoms with E-state index in [9.17, 15) is 9.59 Å². The summed E-state index contributed by atoms with van der Waals surface area (Å²) in [5.41, 5.74) is 0.786. The van der Waals surface area contributed by atoms with Gasteiger partial charge in [0.1, 0.15) is 0 Å². The fourth-order valence-electron chi connectivity index (χ4n) is 2.15. The van der Waals surface area contributed by atoms with Gasteiger partial charge in [-0.2, -0.15) is 0 Å². The third-order valence-corrected chi connectivity index (χ3v) is 4.71. The zero-order chi connectivity index (χ0) is 16.9. The molecule has 0 fully saturated rings. The SMILES string of the molecule is CCc1ccc(C(=O)COC(=O)/C=C/c2ccc3c(c2)OCO3)s1. The third kappa shape index (κ3) is 3.83. The van der Waals surface area contributed by atoms with E-state index >= 15 is 0 Å². The summed E-state index contributed by atoms with van der Waals surface area (Å²) in [4.78, 5) is 25.4. The molecule has 2 aromatic rings. The van der Waals surface area contributed by atoms with Crippen LogP contribution in [0.2, 0.25) is 0 Å². The second kappa shape index (κ2) is 7.31. The molecule has 0 atom stereocenters. The highest BCUT2D eigenvalue weighted by molar-refractivity contribution is 7.14. The van der Waals surface area contributed by atoms with Gasteiger partial charge in [-0.3, -0.25) is 4.79 Å². The summed E-state index contributed by atoms with van der Waals surface area (Å²) in [5, 5.41) is 0. The molecule has 0 aliphatic carbocycles. The van der Waals surface area contributed by atoms with Crippen molar-refractivity contribution in [2.24, 2.45) is 0 Å². The number of Topliss-reactive ketones (excluding diaryl/α,β-unsaturated/α-hetero) is 1. The number of aryl methyl sites for hydroxylation is 1. The number of ketones is 1. The van der Waals surface area contributed by atoms with Crippen LogP contribution in [0.25, 0.3) is 6.08 Å². The fraction of sp³-hybridized carbons (Fsp3) is 0.222. The maximum Gasteiger partial charge on any atom is 0.331 e. The number of hydrogen-bond acceptors (Lipinski definition) is 6. The Hall–Kier alpha value is -2.60. The highest BCUT2D eigenvalue weighted by Crippen LogP contribution is 2.32. The predicted molar refractivity (Wildman–Crippen MR) is 90.6 cm³/mol. The number of rotatable bonds is 6. The topological polar surface area (TPSA) is 61.8 Å². The van der Waals surface area contributed by atoms with Crippen molar-refractivity contribution in [3.05, 3.63) is 51.7 Å². The molecule has 24 heavy (non-hydrogen) atoms. The maximum absolute atomic E-state index is 12.0. The zero-order valence-electron chi connectivity index (χ0n) is 13.1. The summed E-state index contributed by atoms with van der Waals surface area (Å²) in [6.07, 6.45) is 3.78. The highest BCUT2D eigenvalue weighted by atomic mass is 32.1.